The van der Waals surface area contributed by atoms with Crippen molar-refractivity contribution in [2.45, 2.75) is 12.5 Å². The van der Waals surface area contributed by atoms with Crippen molar-refractivity contribution < 1.29 is 9.84 Å². The average molecular weight is 375 g/mol. The molecule has 0 bridgehead atoms. The lowest BCUT2D eigenvalue weighted by atomic mass is 9.74. The zero-order chi connectivity index (χ0) is 19.1. The Kier molecular flexibility index (Phi) is 4.22. The van der Waals surface area contributed by atoms with E-state index in [1.807, 2.05) is 42.1 Å². The van der Waals surface area contributed by atoms with Crippen LogP contribution in [0, 0.1) is 5.41 Å². The molecule has 2 aromatic carbocycles. The van der Waals surface area contributed by atoms with Crippen molar-refractivity contribution in [1.82, 2.24) is 14.7 Å². The number of para-hydroxylation sites is 1. The van der Waals surface area contributed by atoms with Gasteiger partial charge in [0.2, 0.25) is 0 Å². The van der Waals surface area contributed by atoms with E-state index in [0.717, 1.165) is 36.6 Å². The lowest BCUT2D eigenvalue weighted by Crippen LogP contribution is -2.42. The van der Waals surface area contributed by atoms with Crippen LogP contribution in [0.25, 0.3) is 11.3 Å². The summed E-state index contributed by atoms with van der Waals surface area (Å²) >= 11 is 0. The number of aryl methyl sites for hydroxylation is 1. The number of rotatable bonds is 4. The Balaban J connectivity index is 1.44. The van der Waals surface area contributed by atoms with Gasteiger partial charge in [-0.3, -0.25) is 9.58 Å². The molecule has 0 aliphatic carbocycles. The molecule has 5 rings (SSSR count). The first-order valence-electron chi connectivity index (χ1n) is 9.81. The monoisotopic (exact) mass is 375 g/mol. The number of aliphatic hydroxyl groups excluding tert-OH is 1. The third kappa shape index (κ3) is 2.82. The highest BCUT2D eigenvalue weighted by atomic mass is 16.5. The van der Waals surface area contributed by atoms with Gasteiger partial charge in [0.15, 0.2) is 0 Å². The van der Waals surface area contributed by atoms with E-state index in [-0.39, 0.29) is 12.0 Å². The number of fused-ring (bicyclic) bond motifs is 3. The van der Waals surface area contributed by atoms with E-state index in [9.17, 15) is 5.11 Å². The maximum atomic E-state index is 10.3. The second kappa shape index (κ2) is 6.76. The number of likely N-dealkylation sites (tertiary alicyclic amines) is 1. The Morgan fingerprint density at radius 3 is 2.75 bits per heavy atom. The summed E-state index contributed by atoms with van der Waals surface area (Å²) in [6.45, 7) is 3.27. The molecule has 2 aliphatic heterocycles. The molecule has 1 aromatic heterocycles. The van der Waals surface area contributed by atoms with E-state index >= 15 is 0 Å². The molecule has 144 valence electrons. The van der Waals surface area contributed by atoms with Gasteiger partial charge in [-0.05, 0) is 11.6 Å². The van der Waals surface area contributed by atoms with Crippen molar-refractivity contribution in [3.63, 3.8) is 0 Å². The Labute approximate surface area is 165 Å². The predicted octanol–water partition coefficient (Wildman–Crippen LogP) is 3.06. The maximum absolute atomic E-state index is 10.3. The molecule has 2 atom stereocenters. The van der Waals surface area contributed by atoms with Gasteiger partial charge >= 0.3 is 0 Å². The van der Waals surface area contributed by atoms with Crippen molar-refractivity contribution in [2.24, 2.45) is 12.5 Å². The SMILES string of the molecule is Cn1cc(CN2C[C@@H]3c4ccccc4OC[C@]3(CO)C2)c(-c2ccccc2)n1. The molecular formula is C23H25N3O2. The summed E-state index contributed by atoms with van der Waals surface area (Å²) in [5.74, 6) is 1.25. The fourth-order valence-electron chi connectivity index (χ4n) is 4.83. The molecule has 3 aromatic rings. The van der Waals surface area contributed by atoms with Gasteiger partial charge in [0.25, 0.3) is 0 Å². The van der Waals surface area contributed by atoms with Gasteiger partial charge in [-0.25, -0.2) is 0 Å². The first kappa shape index (κ1) is 17.5. The molecule has 28 heavy (non-hydrogen) atoms. The summed E-state index contributed by atoms with van der Waals surface area (Å²) in [4.78, 5) is 2.44. The second-order valence-corrected chi connectivity index (χ2v) is 8.11. The highest BCUT2D eigenvalue weighted by Crippen LogP contribution is 2.49. The third-order valence-electron chi connectivity index (χ3n) is 6.19. The highest BCUT2D eigenvalue weighted by Gasteiger charge is 2.50. The molecule has 2 aliphatic rings. The smallest absolute Gasteiger partial charge is 0.122 e. The van der Waals surface area contributed by atoms with Crippen LogP contribution in [0.4, 0.5) is 0 Å². The van der Waals surface area contributed by atoms with Gasteiger partial charge in [-0.15, -0.1) is 0 Å². The van der Waals surface area contributed by atoms with Crippen LogP contribution < -0.4 is 4.74 Å². The average Bonchev–Trinajstić information content (AvgIpc) is 3.29. The minimum atomic E-state index is -0.233. The summed E-state index contributed by atoms with van der Waals surface area (Å²) in [5, 5.41) is 15.0. The highest BCUT2D eigenvalue weighted by molar-refractivity contribution is 5.62. The molecule has 0 unspecified atom stereocenters. The topological polar surface area (TPSA) is 50.5 Å². The van der Waals surface area contributed by atoms with Gasteiger partial charge in [0, 0.05) is 55.3 Å². The van der Waals surface area contributed by atoms with Crippen LogP contribution in [0.1, 0.15) is 17.0 Å². The first-order valence-corrected chi connectivity index (χ1v) is 9.81. The van der Waals surface area contributed by atoms with Gasteiger partial charge in [0.05, 0.1) is 18.9 Å². The Bertz CT molecular complexity index is 985. The van der Waals surface area contributed by atoms with Crippen molar-refractivity contribution in [3.05, 3.63) is 71.9 Å². The van der Waals surface area contributed by atoms with Crippen LogP contribution in [0.5, 0.6) is 5.75 Å². The van der Waals surface area contributed by atoms with Crippen LogP contribution in [-0.4, -0.2) is 46.1 Å². The number of nitrogens with zero attached hydrogens (tertiary/aromatic N) is 3. The molecule has 0 saturated carbocycles. The molecule has 5 heteroatoms. The van der Waals surface area contributed by atoms with E-state index < -0.39 is 0 Å². The van der Waals surface area contributed by atoms with E-state index in [2.05, 4.69) is 35.4 Å². The van der Waals surface area contributed by atoms with Gasteiger partial charge in [0.1, 0.15) is 5.75 Å². The number of aliphatic hydroxyl groups is 1. The third-order valence-corrected chi connectivity index (χ3v) is 6.19. The normalized spacial score (nSPS) is 23.9. The first-order chi connectivity index (χ1) is 13.7. The van der Waals surface area contributed by atoms with Crippen molar-refractivity contribution in [3.8, 4) is 17.0 Å². The maximum Gasteiger partial charge on any atom is 0.122 e. The van der Waals surface area contributed by atoms with E-state index in [0.29, 0.717) is 12.5 Å². The molecule has 5 nitrogen and oxygen atoms in total. The summed E-state index contributed by atoms with van der Waals surface area (Å²) in [7, 11) is 1.97. The van der Waals surface area contributed by atoms with Crippen molar-refractivity contribution in [1.29, 1.82) is 0 Å². The standard InChI is InChI=1S/C23H25N3O2/c1-25-11-18(22(24-25)17-7-3-2-4-8-17)12-26-13-20-19-9-5-6-10-21(19)28-16-23(20,14-26)15-27/h2-11,20,27H,12-16H2,1H3/t20-,23-/m1/s1. The second-order valence-electron chi connectivity index (χ2n) is 8.11. The molecule has 0 radical (unpaired) electrons. The van der Waals surface area contributed by atoms with E-state index in [1.54, 1.807) is 0 Å². The summed E-state index contributed by atoms with van der Waals surface area (Å²) < 4.78 is 7.91. The Hall–Kier alpha value is -2.63. The molecule has 3 heterocycles. The molecule has 1 N–H and O–H groups in total. The van der Waals surface area contributed by atoms with Gasteiger partial charge in [-0.1, -0.05) is 48.5 Å². The van der Waals surface area contributed by atoms with Crippen LogP contribution in [0.3, 0.4) is 0 Å². The minimum absolute atomic E-state index is 0.140. The number of hydrogen-bond acceptors (Lipinski definition) is 4. The van der Waals surface area contributed by atoms with Gasteiger partial charge < -0.3 is 9.84 Å². The van der Waals surface area contributed by atoms with Crippen LogP contribution in [0.15, 0.2) is 60.8 Å². The number of benzene rings is 2. The Morgan fingerprint density at radius 1 is 1.14 bits per heavy atom. The van der Waals surface area contributed by atoms with Crippen LogP contribution >= 0.6 is 0 Å². The lowest BCUT2D eigenvalue weighted by molar-refractivity contribution is 0.0457. The Morgan fingerprint density at radius 2 is 1.93 bits per heavy atom. The summed E-state index contributed by atoms with van der Waals surface area (Å²) in [6.07, 6.45) is 2.11. The minimum Gasteiger partial charge on any atom is -0.493 e. The number of hydrogen-bond donors (Lipinski definition) is 1. The van der Waals surface area contributed by atoms with E-state index in [1.165, 1.54) is 11.1 Å². The quantitative estimate of drug-likeness (QED) is 0.762. The molecule has 1 fully saturated rings. The van der Waals surface area contributed by atoms with E-state index in [4.69, 9.17) is 9.84 Å². The fourth-order valence-corrected chi connectivity index (χ4v) is 4.83. The van der Waals surface area contributed by atoms with Gasteiger partial charge in [-0.2, -0.15) is 5.10 Å². The zero-order valence-corrected chi connectivity index (χ0v) is 16.1. The van der Waals surface area contributed by atoms with Crippen molar-refractivity contribution >= 4 is 0 Å². The predicted molar refractivity (Wildman–Crippen MR) is 108 cm³/mol. The largest absolute Gasteiger partial charge is 0.493 e. The number of ether oxygens (including phenoxy) is 1. The summed E-state index contributed by atoms with van der Waals surface area (Å²) in [5.41, 5.74) is 4.38. The van der Waals surface area contributed by atoms with Crippen LogP contribution in [-0.2, 0) is 13.6 Å². The fraction of sp³-hybridized carbons (Fsp3) is 0.348. The lowest BCUT2D eigenvalue weighted by Gasteiger charge is -2.38. The zero-order valence-electron chi connectivity index (χ0n) is 16.1. The molecule has 1 saturated heterocycles. The van der Waals surface area contributed by atoms with Crippen LogP contribution in [0.2, 0.25) is 0 Å². The number of aromatic nitrogens is 2. The molecule has 0 spiro atoms. The van der Waals surface area contributed by atoms with Crippen molar-refractivity contribution in [2.75, 3.05) is 26.3 Å². The summed E-state index contributed by atoms with van der Waals surface area (Å²) in [6, 6.07) is 18.6. The molecular weight excluding hydrogens is 350 g/mol. The molecule has 0 amide bonds.